The SMILES string of the molecule is C=CCOC(=O)C1Cc2ccc(cc2)OCc2cn(nn2)C2CCN(C(=O)C(NC(=O)C(C)N(C)C(=O)OC(C)(C)C)C(C)(C)C)C2C(=O)NC(Cc2ccc3ccccc3c2)C(=O)NC(C(=O)OC)Cc2ccc(cc2)OCc2cn(nn2)C2CCN(C(=O)C(NC(=O)C(C)N(C)C(=O)OC(C)(C)C)C(C)(C)C)C2C(=O)NC(Cc2ccc3ccccc3c2)C(=O)N1. The zero-order chi connectivity index (χ0) is 93.0. The van der Waals surface area contributed by atoms with Gasteiger partial charge in [-0.2, -0.15) is 0 Å². The number of likely N-dealkylation sites (N-methyl/N-ethyl adjacent to an activating group) is 2. The van der Waals surface area contributed by atoms with Gasteiger partial charge in [-0.3, -0.25) is 48.2 Å². The Kier molecular flexibility index (Phi) is 30.2. The molecule has 682 valence electrons. The predicted octanol–water partition coefficient (Wildman–Crippen LogP) is 8.32. The van der Waals surface area contributed by atoms with Crippen LogP contribution in [0.5, 0.6) is 11.5 Å². The van der Waals surface area contributed by atoms with E-state index in [0.717, 1.165) is 31.3 Å². The number of hydrogen-bond donors (Lipinski definition) is 6. The highest BCUT2D eigenvalue weighted by atomic mass is 16.6. The summed E-state index contributed by atoms with van der Waals surface area (Å²) in [6.07, 6.45) is 2.58. The predicted molar refractivity (Wildman–Crippen MR) is 473 cm³/mol. The lowest BCUT2D eigenvalue weighted by atomic mass is 9.85. The molecular weight excluding hydrogens is 1640 g/mol. The molecule has 6 N–H and O–H groups in total. The van der Waals surface area contributed by atoms with Crippen LogP contribution in [0.3, 0.4) is 0 Å². The molecule has 0 radical (unpaired) electrons. The molecule has 34 heteroatoms. The molecule has 0 saturated carbocycles. The largest absolute Gasteiger partial charge is 0.487 e. The highest BCUT2D eigenvalue weighted by molar-refractivity contribution is 5.99. The molecule has 2 fully saturated rings. The minimum Gasteiger partial charge on any atom is -0.487 e. The second-order valence-electron chi connectivity index (χ2n) is 36.9. The van der Waals surface area contributed by atoms with Gasteiger partial charge in [0.25, 0.3) is 0 Å². The fourth-order valence-electron chi connectivity index (χ4n) is 15.5. The molecule has 0 aliphatic carbocycles. The molecule has 2 saturated heterocycles. The molecule has 14 rings (SSSR count). The molecular formula is C94H118N16O18. The van der Waals surface area contributed by atoms with Gasteiger partial charge in [0.1, 0.15) is 114 Å². The lowest BCUT2D eigenvalue weighted by Crippen LogP contribution is -2.62. The van der Waals surface area contributed by atoms with Crippen molar-refractivity contribution in [3.05, 3.63) is 192 Å². The van der Waals surface area contributed by atoms with Crippen LogP contribution in [0.4, 0.5) is 9.59 Å². The van der Waals surface area contributed by atoms with Gasteiger partial charge < -0.3 is 70.1 Å². The molecule has 12 unspecified atom stereocenters. The van der Waals surface area contributed by atoms with E-state index in [1.165, 1.54) is 60.3 Å². The molecule has 8 aromatic rings. The van der Waals surface area contributed by atoms with Gasteiger partial charge in [0.05, 0.1) is 31.6 Å². The topological polar surface area (TPSA) is 407 Å². The second-order valence-corrected chi connectivity index (χ2v) is 36.9. The second kappa shape index (κ2) is 40.6. The number of likely N-dealkylation sites (tertiary alicyclic amines) is 2. The zero-order valence-corrected chi connectivity index (χ0v) is 75.7. The van der Waals surface area contributed by atoms with E-state index >= 15 is 28.8 Å². The summed E-state index contributed by atoms with van der Waals surface area (Å²) in [5.74, 6) is -6.95. The number of nitrogens with one attached hydrogen (secondary N) is 6. The Morgan fingerprint density at radius 1 is 0.516 bits per heavy atom. The lowest BCUT2D eigenvalue weighted by molar-refractivity contribution is -0.147. The summed E-state index contributed by atoms with van der Waals surface area (Å²) in [7, 11) is 3.98. The minimum absolute atomic E-state index is 0.0709. The highest BCUT2D eigenvalue weighted by Gasteiger charge is 2.51. The number of nitrogens with zero attached hydrogens (tertiary/aromatic N) is 10. The normalized spacial score (nSPS) is 20.3. The van der Waals surface area contributed by atoms with Crippen LogP contribution in [-0.2, 0) is 106 Å². The van der Waals surface area contributed by atoms with Gasteiger partial charge in [0, 0.05) is 52.9 Å². The molecule has 8 bridgehead atoms. The lowest BCUT2D eigenvalue weighted by Gasteiger charge is -2.37. The van der Waals surface area contributed by atoms with E-state index in [9.17, 15) is 28.8 Å². The van der Waals surface area contributed by atoms with Crippen LogP contribution >= 0.6 is 0 Å². The number of benzene rings is 6. The third-order valence-electron chi connectivity index (χ3n) is 22.7. The number of aromatic nitrogens is 6. The van der Waals surface area contributed by atoms with Crippen LogP contribution in [0.15, 0.2) is 159 Å². The highest BCUT2D eigenvalue weighted by Crippen LogP contribution is 2.36. The van der Waals surface area contributed by atoms with Crippen molar-refractivity contribution in [2.75, 3.05) is 40.9 Å². The number of rotatable bonds is 16. The van der Waals surface area contributed by atoms with Gasteiger partial charge in [0.2, 0.25) is 47.3 Å². The number of carbonyl (C=O) groups excluding carboxylic acids is 12. The minimum atomic E-state index is -1.47. The molecule has 6 aliphatic heterocycles. The van der Waals surface area contributed by atoms with Crippen LogP contribution < -0.4 is 41.4 Å². The fraction of sp³-hybridized carbons (Fsp3) is 0.468. The van der Waals surface area contributed by atoms with E-state index in [4.69, 9.17) is 28.4 Å². The Labute approximate surface area is 744 Å². The monoisotopic (exact) mass is 1760 g/mol. The first-order valence-corrected chi connectivity index (χ1v) is 42.8. The molecule has 2 aromatic heterocycles. The van der Waals surface area contributed by atoms with E-state index < -0.39 is 166 Å². The van der Waals surface area contributed by atoms with Crippen molar-refractivity contribution in [3.8, 4) is 11.5 Å². The first-order chi connectivity index (χ1) is 60.4. The zero-order valence-electron chi connectivity index (χ0n) is 75.7. The van der Waals surface area contributed by atoms with E-state index in [1.54, 1.807) is 144 Å². The van der Waals surface area contributed by atoms with Crippen LogP contribution in [0, 0.1) is 10.8 Å². The standard InChI is InChI=1S/C94H118N16O18/c1-19-44-124-88(120)72-48-58-32-38-68(39-33-58)126-54-66-52-109(103-102-66)73-40-42-107(85(117)77(91(4,5)6)99-79(111)55(2)105(16)89(121)127-93(10,11)12)75(73)83(115)95-69(49-59-28-34-61-24-20-22-26-63(61)45-59)81(113)97-71(87(119)123-18)47-57-30-36-67(37-31-57)125-53-65-51-110(104-101-65)74-41-43-108(86(118)78(92(7,8)9)100-80(112)56(3)106(17)90(122)128-94(13,14)15)76(74)84(116)96-70(82(114)98-72)50-60-29-35-62-25-21-23-27-64(62)46-60/h19-39,45-46,51-52,55-56,69-78H,1,40-44,47-50,53-54H2,2-18H3,(H,95,115)(H,96,116)(H,97,113)(H,98,114)(H,99,111)(H,100,112). The molecule has 10 amide bonds. The Morgan fingerprint density at radius 3 is 1.25 bits per heavy atom. The van der Waals surface area contributed by atoms with Crippen molar-refractivity contribution in [1.29, 1.82) is 0 Å². The molecule has 128 heavy (non-hydrogen) atoms. The van der Waals surface area contributed by atoms with Gasteiger partial charge in [-0.15, -0.1) is 10.2 Å². The summed E-state index contributed by atoms with van der Waals surface area (Å²) >= 11 is 0. The maximum Gasteiger partial charge on any atom is 0.410 e. The number of esters is 2. The summed E-state index contributed by atoms with van der Waals surface area (Å²) in [5.41, 5.74) is -1.01. The quantitative estimate of drug-likeness (QED) is 0.0301. The average Bonchev–Trinajstić information content (AvgIpc) is 1.62. The first-order valence-electron chi connectivity index (χ1n) is 42.8. The molecule has 6 aliphatic rings. The van der Waals surface area contributed by atoms with Crippen molar-refractivity contribution in [1.82, 2.24) is 81.5 Å². The van der Waals surface area contributed by atoms with Crippen LogP contribution in [0.2, 0.25) is 0 Å². The Morgan fingerprint density at radius 2 is 0.891 bits per heavy atom. The van der Waals surface area contributed by atoms with Crippen molar-refractivity contribution in [2.24, 2.45) is 10.8 Å². The summed E-state index contributed by atoms with van der Waals surface area (Å²) in [6, 6.07) is 24.1. The average molecular weight is 1760 g/mol. The van der Waals surface area contributed by atoms with Crippen molar-refractivity contribution < 1.29 is 86.0 Å². The van der Waals surface area contributed by atoms with Crippen LogP contribution in [-0.4, -0.2) is 233 Å². The van der Waals surface area contributed by atoms with E-state index in [0.29, 0.717) is 33.8 Å². The molecule has 8 heterocycles. The van der Waals surface area contributed by atoms with Crippen LogP contribution in [0.25, 0.3) is 21.5 Å². The van der Waals surface area contributed by atoms with Gasteiger partial charge in [-0.05, 0) is 147 Å². The van der Waals surface area contributed by atoms with Crippen molar-refractivity contribution in [2.45, 2.75) is 232 Å². The maximum absolute atomic E-state index is 16.0. The summed E-state index contributed by atoms with van der Waals surface area (Å²) in [4.78, 5) is 183. The van der Waals surface area contributed by atoms with E-state index in [1.807, 2.05) is 84.9 Å². The third-order valence-corrected chi connectivity index (χ3v) is 22.7. The van der Waals surface area contributed by atoms with Crippen LogP contribution in [0.1, 0.15) is 155 Å². The third kappa shape index (κ3) is 24.3. The molecule has 6 aromatic carbocycles. The van der Waals surface area contributed by atoms with E-state index in [2.05, 4.69) is 59.1 Å². The van der Waals surface area contributed by atoms with Gasteiger partial charge in [-0.25, -0.2) is 28.5 Å². The van der Waals surface area contributed by atoms with Crippen molar-refractivity contribution >= 4 is 92.9 Å². The number of ether oxygens (including phenoxy) is 6. The summed E-state index contributed by atoms with van der Waals surface area (Å²) in [6.45, 7) is 26.5. The van der Waals surface area contributed by atoms with Gasteiger partial charge >= 0.3 is 24.1 Å². The number of hydrogen-bond acceptors (Lipinski definition) is 22. The summed E-state index contributed by atoms with van der Waals surface area (Å²) in [5, 5.41) is 38.9. The Balaban J connectivity index is 0.959. The molecule has 34 nitrogen and oxygen atoms in total. The smallest absolute Gasteiger partial charge is 0.410 e. The van der Waals surface area contributed by atoms with Gasteiger partial charge in [0.15, 0.2) is 0 Å². The molecule has 0 spiro atoms. The number of amides is 10. The Hall–Kier alpha value is -13.3. The first kappa shape index (κ1) is 95.4. The number of methoxy groups -OCH3 is 1. The number of fused-ring (bicyclic) bond motifs is 2. The number of carbonyl (C=O) groups is 12. The fourth-order valence-corrected chi connectivity index (χ4v) is 15.5. The van der Waals surface area contributed by atoms with Crippen molar-refractivity contribution in [3.63, 3.8) is 0 Å². The van der Waals surface area contributed by atoms with E-state index in [-0.39, 0.29) is 82.8 Å². The summed E-state index contributed by atoms with van der Waals surface area (Å²) < 4.78 is 37.6. The van der Waals surface area contributed by atoms with Gasteiger partial charge in [-0.1, -0.05) is 174 Å². The maximum atomic E-state index is 16.0. The Bertz CT molecular complexity index is 5390. The molecule has 12 atom stereocenters.